The van der Waals surface area contributed by atoms with Crippen molar-refractivity contribution in [2.45, 2.75) is 32.2 Å². The van der Waals surface area contributed by atoms with Crippen LogP contribution in [-0.2, 0) is 6.42 Å². The molecule has 0 unspecified atom stereocenters. The summed E-state index contributed by atoms with van der Waals surface area (Å²) >= 11 is 0. The third kappa shape index (κ3) is 5.12. The summed E-state index contributed by atoms with van der Waals surface area (Å²) in [6.45, 7) is 10.6. The molecule has 2 aromatic carbocycles. The van der Waals surface area contributed by atoms with Gasteiger partial charge in [0, 0.05) is 44.5 Å². The second-order valence-corrected chi connectivity index (χ2v) is 8.48. The van der Waals surface area contributed by atoms with Crippen molar-refractivity contribution in [3.05, 3.63) is 59.7 Å². The molecule has 0 N–H and O–H groups in total. The molecule has 4 nitrogen and oxygen atoms in total. The zero-order chi connectivity index (χ0) is 20.1. The number of anilines is 1. The fourth-order valence-corrected chi connectivity index (χ4v) is 4.83. The largest absolute Gasteiger partial charge is 0.497 e. The van der Waals surface area contributed by atoms with Crippen LogP contribution in [0.4, 0.5) is 5.69 Å². The topological polar surface area (TPSA) is 19.0 Å². The van der Waals surface area contributed by atoms with Crippen LogP contribution >= 0.6 is 0 Å². The van der Waals surface area contributed by atoms with Gasteiger partial charge in [-0.1, -0.05) is 30.3 Å². The van der Waals surface area contributed by atoms with Gasteiger partial charge in [0.1, 0.15) is 5.75 Å². The summed E-state index contributed by atoms with van der Waals surface area (Å²) in [4.78, 5) is 7.95. The van der Waals surface area contributed by atoms with Crippen molar-refractivity contribution in [3.8, 4) is 5.75 Å². The second-order valence-electron chi connectivity index (χ2n) is 8.48. The Morgan fingerprint density at radius 2 is 1.55 bits per heavy atom. The molecule has 0 saturated carbocycles. The summed E-state index contributed by atoms with van der Waals surface area (Å²) in [6.07, 6.45) is 3.75. The van der Waals surface area contributed by atoms with Crippen LogP contribution in [0, 0.1) is 6.92 Å². The summed E-state index contributed by atoms with van der Waals surface area (Å²) in [5, 5.41) is 0. The van der Waals surface area contributed by atoms with E-state index in [1.807, 2.05) is 0 Å². The van der Waals surface area contributed by atoms with E-state index >= 15 is 0 Å². The Kier molecular flexibility index (Phi) is 6.73. The summed E-state index contributed by atoms with van der Waals surface area (Å²) in [5.41, 5.74) is 4.21. The molecule has 4 rings (SSSR count). The molecular weight excluding hydrogens is 358 g/mol. The maximum Gasteiger partial charge on any atom is 0.118 e. The number of benzene rings is 2. The summed E-state index contributed by atoms with van der Waals surface area (Å²) < 4.78 is 5.25. The van der Waals surface area contributed by atoms with E-state index in [1.165, 1.54) is 62.4 Å². The summed E-state index contributed by atoms with van der Waals surface area (Å²) in [7, 11) is 1.72. The molecule has 4 heteroatoms. The van der Waals surface area contributed by atoms with Crippen LogP contribution < -0.4 is 9.64 Å². The highest BCUT2D eigenvalue weighted by Crippen LogP contribution is 2.24. The molecule has 0 amide bonds. The third-order valence-electron chi connectivity index (χ3n) is 6.72. The van der Waals surface area contributed by atoms with Gasteiger partial charge in [0.05, 0.1) is 7.11 Å². The van der Waals surface area contributed by atoms with Crippen molar-refractivity contribution in [2.75, 3.05) is 57.8 Å². The minimum absolute atomic E-state index is 0.770. The van der Waals surface area contributed by atoms with Crippen LogP contribution in [0.3, 0.4) is 0 Å². The first kappa shape index (κ1) is 20.2. The van der Waals surface area contributed by atoms with Gasteiger partial charge >= 0.3 is 0 Å². The number of para-hydroxylation sites is 1. The number of nitrogens with zero attached hydrogens (tertiary/aromatic N) is 3. The van der Waals surface area contributed by atoms with E-state index in [-0.39, 0.29) is 0 Å². The quantitative estimate of drug-likeness (QED) is 0.742. The number of rotatable bonds is 6. The smallest absolute Gasteiger partial charge is 0.118 e. The van der Waals surface area contributed by atoms with Gasteiger partial charge in [0.2, 0.25) is 0 Å². The molecule has 2 aliphatic rings. The number of piperidine rings is 1. The van der Waals surface area contributed by atoms with Crippen molar-refractivity contribution in [3.63, 3.8) is 0 Å². The summed E-state index contributed by atoms with van der Waals surface area (Å²) in [6, 6.07) is 18.1. The normalized spacial score (nSPS) is 19.4. The first-order valence-corrected chi connectivity index (χ1v) is 11.1. The van der Waals surface area contributed by atoms with E-state index in [1.54, 1.807) is 7.11 Å². The van der Waals surface area contributed by atoms with E-state index in [2.05, 4.69) is 70.2 Å². The van der Waals surface area contributed by atoms with Crippen LogP contribution in [0.25, 0.3) is 0 Å². The Labute approximate surface area is 176 Å². The highest BCUT2D eigenvalue weighted by molar-refractivity contribution is 5.53. The number of methoxy groups -OCH3 is 1. The van der Waals surface area contributed by atoms with E-state index < -0.39 is 0 Å². The molecular formula is C25H35N3O. The van der Waals surface area contributed by atoms with Crippen molar-refractivity contribution < 1.29 is 4.74 Å². The number of piperazine rings is 1. The van der Waals surface area contributed by atoms with Gasteiger partial charge in [-0.15, -0.1) is 0 Å². The molecule has 2 saturated heterocycles. The lowest BCUT2D eigenvalue weighted by Gasteiger charge is -2.43. The number of hydrogen-bond acceptors (Lipinski definition) is 4. The Bertz CT molecular complexity index is 760. The molecule has 2 fully saturated rings. The van der Waals surface area contributed by atoms with Gasteiger partial charge < -0.3 is 14.5 Å². The fourth-order valence-electron chi connectivity index (χ4n) is 4.83. The predicted octanol–water partition coefficient (Wildman–Crippen LogP) is 3.83. The maximum absolute atomic E-state index is 5.25. The van der Waals surface area contributed by atoms with E-state index in [0.717, 1.165) is 31.3 Å². The van der Waals surface area contributed by atoms with Gasteiger partial charge in [0.25, 0.3) is 0 Å². The molecule has 2 heterocycles. The zero-order valence-corrected chi connectivity index (χ0v) is 18.0. The SMILES string of the molecule is COc1ccc(CCN2CCC(N3CCN(c4ccccc4C)CC3)CC2)cc1. The molecule has 2 aliphatic heterocycles. The average molecular weight is 394 g/mol. The standard InChI is InChI=1S/C25H35N3O/c1-21-5-3-4-6-25(21)28-19-17-27(18-20-28)23-12-15-26(16-13-23)14-11-22-7-9-24(29-2)10-8-22/h3-10,23H,11-20H2,1-2H3. The third-order valence-corrected chi connectivity index (χ3v) is 6.72. The molecule has 0 bridgehead atoms. The number of ether oxygens (including phenoxy) is 1. The van der Waals surface area contributed by atoms with Crippen LogP contribution in [0.15, 0.2) is 48.5 Å². The number of hydrogen-bond donors (Lipinski definition) is 0. The molecule has 0 atom stereocenters. The van der Waals surface area contributed by atoms with Crippen LogP contribution in [0.5, 0.6) is 5.75 Å². The zero-order valence-electron chi connectivity index (χ0n) is 18.0. The monoisotopic (exact) mass is 393 g/mol. The van der Waals surface area contributed by atoms with Crippen LogP contribution in [-0.4, -0.2) is 68.8 Å². The molecule has 29 heavy (non-hydrogen) atoms. The minimum Gasteiger partial charge on any atom is -0.497 e. The van der Waals surface area contributed by atoms with E-state index in [4.69, 9.17) is 4.74 Å². The number of likely N-dealkylation sites (tertiary alicyclic amines) is 1. The highest BCUT2D eigenvalue weighted by atomic mass is 16.5. The Morgan fingerprint density at radius 3 is 2.21 bits per heavy atom. The lowest BCUT2D eigenvalue weighted by Crippen LogP contribution is -2.53. The predicted molar refractivity (Wildman–Crippen MR) is 121 cm³/mol. The van der Waals surface area contributed by atoms with Gasteiger partial charge in [-0.05, 0) is 68.6 Å². The van der Waals surface area contributed by atoms with Gasteiger partial charge in [-0.25, -0.2) is 0 Å². The van der Waals surface area contributed by atoms with E-state index in [9.17, 15) is 0 Å². The molecule has 0 aromatic heterocycles. The second kappa shape index (κ2) is 9.64. The first-order valence-electron chi connectivity index (χ1n) is 11.1. The maximum atomic E-state index is 5.25. The molecule has 0 spiro atoms. The van der Waals surface area contributed by atoms with Gasteiger partial charge in [0.15, 0.2) is 0 Å². The first-order chi connectivity index (χ1) is 14.2. The van der Waals surface area contributed by atoms with Crippen LogP contribution in [0.2, 0.25) is 0 Å². The molecule has 156 valence electrons. The van der Waals surface area contributed by atoms with Crippen molar-refractivity contribution >= 4 is 5.69 Å². The average Bonchev–Trinajstić information content (AvgIpc) is 2.79. The van der Waals surface area contributed by atoms with Gasteiger partial charge in [-0.3, -0.25) is 4.90 Å². The summed E-state index contributed by atoms with van der Waals surface area (Å²) in [5.74, 6) is 0.942. The van der Waals surface area contributed by atoms with Gasteiger partial charge in [-0.2, -0.15) is 0 Å². The number of aryl methyl sites for hydroxylation is 1. The van der Waals surface area contributed by atoms with Crippen molar-refractivity contribution in [2.24, 2.45) is 0 Å². The lowest BCUT2D eigenvalue weighted by atomic mass is 10.0. The highest BCUT2D eigenvalue weighted by Gasteiger charge is 2.27. The van der Waals surface area contributed by atoms with E-state index in [0.29, 0.717) is 0 Å². The molecule has 0 radical (unpaired) electrons. The Balaban J connectivity index is 1.19. The molecule has 2 aromatic rings. The van der Waals surface area contributed by atoms with Crippen LogP contribution in [0.1, 0.15) is 24.0 Å². The Hall–Kier alpha value is -2.04. The molecule has 0 aliphatic carbocycles. The lowest BCUT2D eigenvalue weighted by molar-refractivity contribution is 0.104. The fraction of sp³-hybridized carbons (Fsp3) is 0.520. The Morgan fingerprint density at radius 1 is 0.862 bits per heavy atom. The van der Waals surface area contributed by atoms with Crippen molar-refractivity contribution in [1.82, 2.24) is 9.80 Å². The minimum atomic E-state index is 0.770. The van der Waals surface area contributed by atoms with Crippen molar-refractivity contribution in [1.29, 1.82) is 0 Å².